The standard InChI is InChI=1S/C15H18N4O2/c20-15-7-10-8-19(6-5-12(10)16-17-15)9-13-11-3-1-2-4-14(11)21-18-13/h7H,1-6,8-9H2,(H,17,20). The van der Waals surface area contributed by atoms with Gasteiger partial charge in [0.25, 0.3) is 5.56 Å². The van der Waals surface area contributed by atoms with Gasteiger partial charge in [0.2, 0.25) is 0 Å². The van der Waals surface area contributed by atoms with Crippen LogP contribution in [0.3, 0.4) is 0 Å². The molecule has 1 N–H and O–H groups in total. The second kappa shape index (κ2) is 5.11. The van der Waals surface area contributed by atoms with Crippen molar-refractivity contribution in [3.63, 3.8) is 0 Å². The van der Waals surface area contributed by atoms with Crippen LogP contribution in [0, 0.1) is 0 Å². The van der Waals surface area contributed by atoms with E-state index in [1.54, 1.807) is 6.07 Å². The quantitative estimate of drug-likeness (QED) is 0.897. The molecule has 2 aliphatic rings. The third-order valence-corrected chi connectivity index (χ3v) is 4.44. The minimum atomic E-state index is -0.130. The van der Waals surface area contributed by atoms with E-state index >= 15 is 0 Å². The Morgan fingerprint density at radius 1 is 1.29 bits per heavy atom. The van der Waals surface area contributed by atoms with Gasteiger partial charge in [-0.1, -0.05) is 5.16 Å². The highest BCUT2D eigenvalue weighted by Crippen LogP contribution is 2.26. The van der Waals surface area contributed by atoms with Crippen molar-refractivity contribution in [1.82, 2.24) is 20.3 Å². The van der Waals surface area contributed by atoms with Gasteiger partial charge >= 0.3 is 0 Å². The molecule has 2 aromatic heterocycles. The molecule has 110 valence electrons. The molecule has 1 aliphatic heterocycles. The number of aryl methyl sites for hydroxylation is 1. The fourth-order valence-corrected chi connectivity index (χ4v) is 3.33. The van der Waals surface area contributed by atoms with Crippen molar-refractivity contribution in [2.24, 2.45) is 0 Å². The van der Waals surface area contributed by atoms with Gasteiger partial charge in [0, 0.05) is 44.1 Å². The lowest BCUT2D eigenvalue weighted by Gasteiger charge is -2.27. The molecular formula is C15H18N4O2. The van der Waals surface area contributed by atoms with Gasteiger partial charge in [-0.3, -0.25) is 9.69 Å². The lowest BCUT2D eigenvalue weighted by Crippen LogP contribution is -2.32. The monoisotopic (exact) mass is 286 g/mol. The maximum atomic E-state index is 11.4. The Bertz CT molecular complexity index is 719. The van der Waals surface area contributed by atoms with Crippen LogP contribution < -0.4 is 5.56 Å². The number of aromatic nitrogens is 3. The minimum absolute atomic E-state index is 0.130. The zero-order chi connectivity index (χ0) is 14.2. The first-order valence-corrected chi connectivity index (χ1v) is 7.56. The molecule has 0 amide bonds. The first-order valence-electron chi connectivity index (χ1n) is 7.56. The van der Waals surface area contributed by atoms with E-state index in [1.807, 2.05) is 0 Å². The summed E-state index contributed by atoms with van der Waals surface area (Å²) in [7, 11) is 0. The Balaban J connectivity index is 1.54. The summed E-state index contributed by atoms with van der Waals surface area (Å²) in [5, 5.41) is 10.9. The van der Waals surface area contributed by atoms with Crippen molar-refractivity contribution in [3.05, 3.63) is 44.7 Å². The molecule has 0 radical (unpaired) electrons. The molecule has 21 heavy (non-hydrogen) atoms. The van der Waals surface area contributed by atoms with Gasteiger partial charge in [-0.05, 0) is 24.8 Å². The molecule has 2 aromatic rings. The first-order chi connectivity index (χ1) is 10.3. The minimum Gasteiger partial charge on any atom is -0.361 e. The van der Waals surface area contributed by atoms with Gasteiger partial charge in [0.15, 0.2) is 0 Å². The lowest BCUT2D eigenvalue weighted by atomic mass is 9.96. The molecule has 4 rings (SSSR count). The van der Waals surface area contributed by atoms with E-state index in [9.17, 15) is 4.79 Å². The maximum absolute atomic E-state index is 11.4. The van der Waals surface area contributed by atoms with E-state index in [0.717, 1.165) is 61.6 Å². The van der Waals surface area contributed by atoms with Gasteiger partial charge < -0.3 is 4.52 Å². The zero-order valence-electron chi connectivity index (χ0n) is 11.9. The summed E-state index contributed by atoms with van der Waals surface area (Å²) in [6.45, 7) is 2.49. The van der Waals surface area contributed by atoms with Crippen LogP contribution in [0.25, 0.3) is 0 Å². The first kappa shape index (κ1) is 12.8. The molecule has 0 fully saturated rings. The summed E-state index contributed by atoms with van der Waals surface area (Å²) in [6, 6.07) is 1.66. The van der Waals surface area contributed by atoms with Crippen LogP contribution in [0.5, 0.6) is 0 Å². The number of H-pyrrole nitrogens is 1. The highest BCUT2D eigenvalue weighted by atomic mass is 16.5. The Kier molecular flexibility index (Phi) is 3.11. The predicted molar refractivity (Wildman–Crippen MR) is 75.8 cm³/mol. The van der Waals surface area contributed by atoms with Crippen LogP contribution in [-0.4, -0.2) is 26.8 Å². The Hall–Kier alpha value is -1.95. The number of rotatable bonds is 2. The Labute approximate surface area is 122 Å². The van der Waals surface area contributed by atoms with E-state index in [0.29, 0.717) is 0 Å². The van der Waals surface area contributed by atoms with Crippen molar-refractivity contribution in [2.75, 3.05) is 6.54 Å². The zero-order valence-corrected chi connectivity index (χ0v) is 11.9. The third kappa shape index (κ3) is 2.40. The second-order valence-corrected chi connectivity index (χ2v) is 5.90. The molecule has 3 heterocycles. The summed E-state index contributed by atoms with van der Waals surface area (Å²) in [5.74, 6) is 1.08. The highest BCUT2D eigenvalue weighted by molar-refractivity contribution is 5.26. The van der Waals surface area contributed by atoms with E-state index in [-0.39, 0.29) is 5.56 Å². The fourth-order valence-electron chi connectivity index (χ4n) is 3.33. The molecular weight excluding hydrogens is 268 g/mol. The van der Waals surface area contributed by atoms with Gasteiger partial charge in [-0.15, -0.1) is 0 Å². The molecule has 0 atom stereocenters. The van der Waals surface area contributed by atoms with Crippen LogP contribution in [0.1, 0.15) is 41.1 Å². The maximum Gasteiger partial charge on any atom is 0.264 e. The molecule has 1 aliphatic carbocycles. The molecule has 0 saturated heterocycles. The van der Waals surface area contributed by atoms with Gasteiger partial charge in [-0.25, -0.2) is 5.10 Å². The highest BCUT2D eigenvalue weighted by Gasteiger charge is 2.23. The van der Waals surface area contributed by atoms with Crippen LogP contribution in [0.2, 0.25) is 0 Å². The number of aromatic amines is 1. The van der Waals surface area contributed by atoms with Crippen molar-refractivity contribution in [3.8, 4) is 0 Å². The number of hydrogen-bond donors (Lipinski definition) is 1. The number of nitrogens with one attached hydrogen (secondary N) is 1. The Morgan fingerprint density at radius 3 is 3.14 bits per heavy atom. The normalized spacial score (nSPS) is 18.3. The van der Waals surface area contributed by atoms with Crippen LogP contribution in [-0.2, 0) is 32.4 Å². The third-order valence-electron chi connectivity index (χ3n) is 4.44. The van der Waals surface area contributed by atoms with E-state index < -0.39 is 0 Å². The van der Waals surface area contributed by atoms with Crippen molar-refractivity contribution < 1.29 is 4.52 Å². The molecule has 0 unspecified atom stereocenters. The molecule has 6 nitrogen and oxygen atoms in total. The van der Waals surface area contributed by atoms with E-state index in [2.05, 4.69) is 20.3 Å². The van der Waals surface area contributed by atoms with Gasteiger partial charge in [0.1, 0.15) is 11.5 Å². The number of fused-ring (bicyclic) bond motifs is 2. The topological polar surface area (TPSA) is 75.0 Å². The van der Waals surface area contributed by atoms with Gasteiger partial charge in [0.05, 0.1) is 5.69 Å². The molecule has 0 bridgehead atoms. The smallest absolute Gasteiger partial charge is 0.264 e. The van der Waals surface area contributed by atoms with E-state index in [1.165, 1.54) is 18.4 Å². The summed E-state index contributed by atoms with van der Waals surface area (Å²) in [6.07, 6.45) is 5.40. The second-order valence-electron chi connectivity index (χ2n) is 5.90. The van der Waals surface area contributed by atoms with Crippen LogP contribution >= 0.6 is 0 Å². The average molecular weight is 286 g/mol. The van der Waals surface area contributed by atoms with Crippen LogP contribution in [0.4, 0.5) is 0 Å². The molecule has 0 saturated carbocycles. The van der Waals surface area contributed by atoms with E-state index in [4.69, 9.17) is 4.52 Å². The molecule has 0 spiro atoms. The van der Waals surface area contributed by atoms with Crippen LogP contribution in [0.15, 0.2) is 15.4 Å². The summed E-state index contributed by atoms with van der Waals surface area (Å²) >= 11 is 0. The van der Waals surface area contributed by atoms with Crippen molar-refractivity contribution in [2.45, 2.75) is 45.2 Å². The summed E-state index contributed by atoms with van der Waals surface area (Å²) < 4.78 is 5.47. The molecule has 0 aromatic carbocycles. The number of hydrogen-bond acceptors (Lipinski definition) is 5. The average Bonchev–Trinajstić information content (AvgIpc) is 2.90. The van der Waals surface area contributed by atoms with Crippen molar-refractivity contribution >= 4 is 0 Å². The van der Waals surface area contributed by atoms with Gasteiger partial charge in [-0.2, -0.15) is 5.10 Å². The SMILES string of the molecule is O=c1cc2c(n[nH]1)CCN(Cc1noc3c1CCCC3)C2. The predicted octanol–water partition coefficient (Wildman–Crippen LogP) is 1.19. The molecule has 6 heteroatoms. The lowest BCUT2D eigenvalue weighted by molar-refractivity contribution is 0.234. The fraction of sp³-hybridized carbons (Fsp3) is 0.533. The summed E-state index contributed by atoms with van der Waals surface area (Å²) in [5.41, 5.74) is 4.30. The largest absolute Gasteiger partial charge is 0.361 e. The van der Waals surface area contributed by atoms with Crippen molar-refractivity contribution in [1.29, 1.82) is 0 Å². The Morgan fingerprint density at radius 2 is 2.19 bits per heavy atom. The summed E-state index contributed by atoms with van der Waals surface area (Å²) in [4.78, 5) is 13.7. The number of nitrogens with zero attached hydrogens (tertiary/aromatic N) is 3.